The van der Waals surface area contributed by atoms with Crippen LogP contribution in [0.5, 0.6) is 5.75 Å². The predicted octanol–water partition coefficient (Wildman–Crippen LogP) is 2.33. The van der Waals surface area contributed by atoms with Crippen molar-refractivity contribution in [1.82, 2.24) is 40.5 Å². The van der Waals surface area contributed by atoms with E-state index in [0.717, 1.165) is 5.56 Å². The number of aromatic nitrogens is 4. The minimum absolute atomic E-state index is 0.000903. The molecule has 1 saturated heterocycles. The highest BCUT2D eigenvalue weighted by atomic mass is 32.2. The molecular formula is C34H46N8O8S. The van der Waals surface area contributed by atoms with Crippen molar-refractivity contribution in [3.63, 3.8) is 0 Å². The first-order valence-electron chi connectivity index (χ1n) is 17.4. The molecule has 3 heterocycles. The van der Waals surface area contributed by atoms with E-state index in [-0.39, 0.29) is 31.9 Å². The van der Waals surface area contributed by atoms with Crippen molar-refractivity contribution >= 4 is 39.9 Å². The number of hydrogen-bond donors (Lipinski definition) is 3. The summed E-state index contributed by atoms with van der Waals surface area (Å²) in [6, 6.07) is 2.70. The van der Waals surface area contributed by atoms with Crippen LogP contribution in [0, 0.1) is 11.3 Å². The van der Waals surface area contributed by atoms with Crippen LogP contribution in [0.25, 0.3) is 17.5 Å². The number of carbonyl (C=O) groups is 4. The minimum Gasteiger partial charge on any atom is -0.496 e. The van der Waals surface area contributed by atoms with Crippen LogP contribution in [0.3, 0.4) is 0 Å². The second kappa shape index (κ2) is 13.9. The summed E-state index contributed by atoms with van der Waals surface area (Å²) < 4.78 is 38.5. The van der Waals surface area contributed by atoms with E-state index in [1.54, 1.807) is 33.9 Å². The molecule has 1 aromatic heterocycles. The molecule has 0 unspecified atom stereocenters. The first-order valence-corrected chi connectivity index (χ1v) is 19.0. The average Bonchev–Trinajstić information content (AvgIpc) is 3.96. The third kappa shape index (κ3) is 7.58. The van der Waals surface area contributed by atoms with Gasteiger partial charge in [-0.1, -0.05) is 46.3 Å². The van der Waals surface area contributed by atoms with Gasteiger partial charge in [0.1, 0.15) is 23.4 Å². The average molecular weight is 727 g/mol. The van der Waals surface area contributed by atoms with Crippen molar-refractivity contribution in [2.75, 3.05) is 20.3 Å². The van der Waals surface area contributed by atoms with Gasteiger partial charge in [-0.05, 0) is 66.8 Å². The number of nitrogens with zero attached hydrogens (tertiary/aromatic N) is 5. The van der Waals surface area contributed by atoms with E-state index in [4.69, 9.17) is 9.47 Å². The molecule has 4 aliphatic rings. The fraction of sp³-hybridized carbons (Fsp3) is 0.618. The molecule has 17 heteroatoms. The summed E-state index contributed by atoms with van der Waals surface area (Å²) in [7, 11) is -2.28. The molecule has 51 heavy (non-hydrogen) atoms. The summed E-state index contributed by atoms with van der Waals surface area (Å²) in [6.45, 7) is 7.35. The smallest absolute Gasteiger partial charge is 0.407 e. The number of sulfonamides is 1. The van der Waals surface area contributed by atoms with Gasteiger partial charge >= 0.3 is 6.09 Å². The van der Waals surface area contributed by atoms with Gasteiger partial charge in [0.25, 0.3) is 5.91 Å². The molecule has 4 amide bonds. The zero-order chi connectivity index (χ0) is 36.7. The molecule has 2 aliphatic heterocycles. The lowest BCUT2D eigenvalue weighted by molar-refractivity contribution is -0.142. The summed E-state index contributed by atoms with van der Waals surface area (Å²) in [4.78, 5) is 57.9. The van der Waals surface area contributed by atoms with Crippen LogP contribution in [0.4, 0.5) is 4.79 Å². The second-order valence-corrected chi connectivity index (χ2v) is 16.8. The zero-order valence-electron chi connectivity index (χ0n) is 29.5. The standard InChI is InChI=1S/C34H46N8O8S/c1-6-22-18-34(22,31(45)39-51(47,48)24-12-13-24)36-29(43)25-17-23-19-41(25)30(44)27(33(2,3)4)35-32(46)50-15-9-7-8-10-20-16-21(11-14-26(20)49-5)28-37-40-42(23)38-28/h8,10-11,14,16,22-25,27H,6-7,9,12-13,15,17-19H2,1-5H3,(H,35,46)(H,36,43)(H,39,45)/b10-8-/t22-,23-,25+,27-,34-/m1/s1. The number of nitrogens with one attached hydrogen (secondary N) is 3. The molecule has 2 aliphatic carbocycles. The Morgan fingerprint density at radius 2 is 1.96 bits per heavy atom. The van der Waals surface area contributed by atoms with Gasteiger partial charge in [0.15, 0.2) is 0 Å². The van der Waals surface area contributed by atoms with Crippen molar-refractivity contribution in [3.8, 4) is 17.1 Å². The highest BCUT2D eigenvalue weighted by molar-refractivity contribution is 7.91. The van der Waals surface area contributed by atoms with Crippen LogP contribution in [0.1, 0.15) is 84.2 Å². The minimum atomic E-state index is -3.86. The van der Waals surface area contributed by atoms with E-state index >= 15 is 0 Å². The number of alkyl carbamates (subject to hydrolysis) is 1. The van der Waals surface area contributed by atoms with E-state index in [1.807, 2.05) is 31.2 Å². The molecule has 276 valence electrons. The van der Waals surface area contributed by atoms with Crippen molar-refractivity contribution in [2.24, 2.45) is 11.3 Å². The first kappa shape index (κ1) is 36.3. The third-order valence-corrected chi connectivity index (χ3v) is 11.9. The molecule has 6 bridgehead atoms. The topological polar surface area (TPSA) is 204 Å². The van der Waals surface area contributed by atoms with Crippen molar-refractivity contribution < 1.29 is 37.1 Å². The third-order valence-electron chi connectivity index (χ3n) is 10.1. The van der Waals surface area contributed by atoms with Gasteiger partial charge in [0, 0.05) is 24.1 Å². The molecule has 1 aromatic carbocycles. The molecule has 0 radical (unpaired) electrons. The maximum absolute atomic E-state index is 14.4. The Hall–Kier alpha value is -4.54. The monoisotopic (exact) mass is 726 g/mol. The Balaban J connectivity index is 1.33. The number of hydrogen-bond acceptors (Lipinski definition) is 11. The molecular weight excluding hydrogens is 680 g/mol. The largest absolute Gasteiger partial charge is 0.496 e. The van der Waals surface area contributed by atoms with E-state index in [1.165, 1.54) is 9.70 Å². The predicted molar refractivity (Wildman–Crippen MR) is 184 cm³/mol. The number of rotatable bonds is 7. The summed E-state index contributed by atoms with van der Waals surface area (Å²) in [5.41, 5.74) is -0.755. The number of benzene rings is 1. The lowest BCUT2D eigenvalue weighted by atomic mass is 9.85. The number of methoxy groups -OCH3 is 1. The molecule has 3 fully saturated rings. The Bertz CT molecular complexity index is 1830. The fourth-order valence-electron chi connectivity index (χ4n) is 6.82. The van der Waals surface area contributed by atoms with E-state index in [2.05, 4.69) is 30.8 Å². The lowest BCUT2D eigenvalue weighted by Gasteiger charge is -2.35. The molecule has 2 saturated carbocycles. The van der Waals surface area contributed by atoms with Gasteiger partial charge in [0.05, 0.1) is 25.0 Å². The zero-order valence-corrected chi connectivity index (χ0v) is 30.4. The number of allylic oxidation sites excluding steroid dienone is 1. The normalized spacial score (nSPS) is 27.6. The van der Waals surface area contributed by atoms with Gasteiger partial charge in [0.2, 0.25) is 27.7 Å². The molecule has 0 spiro atoms. The summed E-state index contributed by atoms with van der Waals surface area (Å²) in [6.07, 6.45) is 6.03. The van der Waals surface area contributed by atoms with Crippen molar-refractivity contribution in [1.29, 1.82) is 0 Å². The van der Waals surface area contributed by atoms with E-state index in [9.17, 15) is 27.6 Å². The quantitative estimate of drug-likeness (QED) is 0.378. The second-order valence-electron chi connectivity index (χ2n) is 14.9. The van der Waals surface area contributed by atoms with Crippen LogP contribution in [-0.2, 0) is 29.1 Å². The van der Waals surface area contributed by atoms with Crippen molar-refractivity contribution in [2.45, 2.75) is 102 Å². The first-order chi connectivity index (χ1) is 24.2. The van der Waals surface area contributed by atoms with Gasteiger partial charge < -0.3 is 25.0 Å². The number of fused-ring (bicyclic) bond motifs is 8. The molecule has 16 nitrogen and oxygen atoms in total. The van der Waals surface area contributed by atoms with E-state index in [0.29, 0.717) is 49.2 Å². The molecule has 2 aromatic rings. The number of tetrazole rings is 1. The highest BCUT2D eigenvalue weighted by Gasteiger charge is 2.62. The van der Waals surface area contributed by atoms with Crippen LogP contribution < -0.4 is 20.1 Å². The Kier molecular flexibility index (Phi) is 9.87. The lowest BCUT2D eigenvalue weighted by Crippen LogP contribution is -2.60. The molecule has 6 rings (SSSR count). The van der Waals surface area contributed by atoms with Gasteiger partial charge in [-0.25, -0.2) is 13.2 Å². The Labute approximate surface area is 297 Å². The van der Waals surface area contributed by atoms with Crippen LogP contribution in [-0.4, -0.2) is 100 Å². The number of ether oxygens (including phenoxy) is 2. The van der Waals surface area contributed by atoms with Gasteiger partial charge in [-0.3, -0.25) is 19.1 Å². The van der Waals surface area contributed by atoms with Crippen LogP contribution in [0.2, 0.25) is 0 Å². The number of amides is 4. The number of carbonyl (C=O) groups excluding carboxylic acids is 4. The molecule has 5 atom stereocenters. The number of cyclic esters (lactones) is 1. The summed E-state index contributed by atoms with van der Waals surface area (Å²) in [5, 5.41) is 18.2. The summed E-state index contributed by atoms with van der Waals surface area (Å²) >= 11 is 0. The molecule has 3 N–H and O–H groups in total. The van der Waals surface area contributed by atoms with Gasteiger partial charge in [-0.15, -0.1) is 10.2 Å². The van der Waals surface area contributed by atoms with Crippen LogP contribution in [0.15, 0.2) is 24.3 Å². The van der Waals surface area contributed by atoms with Crippen molar-refractivity contribution in [3.05, 3.63) is 29.8 Å². The SMILES string of the molecule is CC[C@@H]1C[C@]1(NC(=O)[C@@H]1C[C@@H]2CN1C(=O)[C@H](C(C)(C)C)NC(=O)OCCC/C=C\c1cc(ccc1OC)-c1nnn2n1)C(=O)NS(=O)(=O)C1CC1. The summed E-state index contributed by atoms with van der Waals surface area (Å²) in [5.74, 6) is -1.23. The Morgan fingerprint density at radius 3 is 2.63 bits per heavy atom. The maximum Gasteiger partial charge on any atom is 0.407 e. The fourth-order valence-corrected chi connectivity index (χ4v) is 8.18. The highest BCUT2D eigenvalue weighted by Crippen LogP contribution is 2.47. The Morgan fingerprint density at radius 1 is 1.20 bits per heavy atom. The maximum atomic E-state index is 14.4. The van der Waals surface area contributed by atoms with Crippen LogP contribution >= 0.6 is 0 Å². The van der Waals surface area contributed by atoms with E-state index < -0.39 is 68.2 Å². The van der Waals surface area contributed by atoms with Gasteiger partial charge in [-0.2, -0.15) is 4.80 Å².